The van der Waals surface area contributed by atoms with Crippen LogP contribution in [0, 0.1) is 5.92 Å². The molecule has 0 aliphatic carbocycles. The van der Waals surface area contributed by atoms with Gasteiger partial charge in [0.25, 0.3) is 0 Å². The number of hydrogen-bond acceptors (Lipinski definition) is 2. The summed E-state index contributed by atoms with van der Waals surface area (Å²) in [6, 6.07) is 0. The molecule has 1 heterocycles. The number of nitrogens with zero attached hydrogens (tertiary/aromatic N) is 3. The fourth-order valence-electron chi connectivity index (χ4n) is 1.36. The Labute approximate surface area is 85.2 Å². The van der Waals surface area contributed by atoms with E-state index in [0.29, 0.717) is 5.92 Å². The lowest BCUT2D eigenvalue weighted by atomic mass is 10.1. The van der Waals surface area contributed by atoms with Crippen LogP contribution in [0.4, 0.5) is 0 Å². The third-order valence-electron chi connectivity index (χ3n) is 1.90. The zero-order chi connectivity index (χ0) is 10.6. The van der Waals surface area contributed by atoms with Gasteiger partial charge in [-0.1, -0.05) is 20.4 Å². The molecule has 0 unspecified atom stereocenters. The number of rotatable bonds is 4. The molecule has 0 aliphatic rings. The maximum atomic E-state index is 4.19. The number of hydrogen-bond donors (Lipinski definition) is 0. The van der Waals surface area contributed by atoms with Crippen LogP contribution in [0.2, 0.25) is 0 Å². The fourth-order valence-corrected chi connectivity index (χ4v) is 1.36. The maximum Gasteiger partial charge on any atom is 0.154 e. The van der Waals surface area contributed by atoms with Crippen molar-refractivity contribution in [1.82, 2.24) is 9.55 Å². The van der Waals surface area contributed by atoms with Crippen molar-refractivity contribution in [3.8, 4) is 0 Å². The van der Waals surface area contributed by atoms with Crippen molar-refractivity contribution in [3.63, 3.8) is 0 Å². The molecule has 1 aromatic rings. The summed E-state index contributed by atoms with van der Waals surface area (Å²) in [7, 11) is 1.74. The summed E-state index contributed by atoms with van der Waals surface area (Å²) in [5.74, 6) is 1.45. The lowest BCUT2D eigenvalue weighted by Gasteiger charge is -2.10. The zero-order valence-electron chi connectivity index (χ0n) is 9.07. The Hall–Kier alpha value is -1.38. The van der Waals surface area contributed by atoms with Crippen LogP contribution in [0.25, 0.3) is 5.70 Å². The Morgan fingerprint density at radius 3 is 3.00 bits per heavy atom. The summed E-state index contributed by atoms with van der Waals surface area (Å²) in [6.45, 7) is 8.39. The monoisotopic (exact) mass is 191 g/mol. The first-order chi connectivity index (χ1) is 6.65. The summed E-state index contributed by atoms with van der Waals surface area (Å²) in [5, 5.41) is 0. The molecule has 0 bridgehead atoms. The average Bonchev–Trinajstić information content (AvgIpc) is 2.51. The fraction of sp³-hybridized carbons (Fsp3) is 0.455. The molecule has 0 aliphatic heterocycles. The number of aliphatic imine (C=N–C) groups is 1. The van der Waals surface area contributed by atoms with Gasteiger partial charge in [0.2, 0.25) is 0 Å². The Balaban J connectivity index is 2.84. The van der Waals surface area contributed by atoms with E-state index in [1.165, 1.54) is 0 Å². The molecule has 0 amide bonds. The Morgan fingerprint density at radius 2 is 2.43 bits per heavy atom. The minimum absolute atomic E-state index is 0.608. The van der Waals surface area contributed by atoms with E-state index in [4.69, 9.17) is 0 Å². The molecule has 3 heteroatoms. The highest BCUT2D eigenvalue weighted by Gasteiger charge is 2.04. The SMILES string of the molecule is C=C(CC(C)C)n1ccnc1C=NC. The van der Waals surface area contributed by atoms with Crippen LogP contribution >= 0.6 is 0 Å². The molecule has 0 radical (unpaired) electrons. The molecule has 76 valence electrons. The molecule has 14 heavy (non-hydrogen) atoms. The van der Waals surface area contributed by atoms with Crippen LogP contribution in [-0.2, 0) is 0 Å². The summed E-state index contributed by atoms with van der Waals surface area (Å²) in [5.41, 5.74) is 1.06. The summed E-state index contributed by atoms with van der Waals surface area (Å²) >= 11 is 0. The lowest BCUT2D eigenvalue weighted by molar-refractivity contribution is 0.657. The van der Waals surface area contributed by atoms with E-state index in [2.05, 4.69) is 30.4 Å². The van der Waals surface area contributed by atoms with Crippen LogP contribution in [-0.4, -0.2) is 22.8 Å². The van der Waals surface area contributed by atoms with E-state index in [0.717, 1.165) is 17.9 Å². The molecular weight excluding hydrogens is 174 g/mol. The summed E-state index contributed by atoms with van der Waals surface area (Å²) in [4.78, 5) is 8.14. The van der Waals surface area contributed by atoms with Gasteiger partial charge in [-0.3, -0.25) is 4.99 Å². The number of allylic oxidation sites excluding steroid dienone is 1. The molecule has 0 saturated carbocycles. The summed E-state index contributed by atoms with van der Waals surface area (Å²) in [6.07, 6.45) is 6.40. The second-order valence-corrected chi connectivity index (χ2v) is 3.71. The first-order valence-corrected chi connectivity index (χ1v) is 4.78. The molecule has 0 aromatic carbocycles. The quantitative estimate of drug-likeness (QED) is 0.672. The van der Waals surface area contributed by atoms with Crippen molar-refractivity contribution in [2.45, 2.75) is 20.3 Å². The van der Waals surface area contributed by atoms with Crippen molar-refractivity contribution < 1.29 is 0 Å². The Kier molecular flexibility index (Phi) is 3.63. The Morgan fingerprint density at radius 1 is 1.71 bits per heavy atom. The normalized spacial score (nSPS) is 11.4. The highest BCUT2D eigenvalue weighted by molar-refractivity contribution is 5.76. The molecule has 3 nitrogen and oxygen atoms in total. The molecule has 0 atom stereocenters. The van der Waals surface area contributed by atoms with Gasteiger partial charge in [0.1, 0.15) is 0 Å². The van der Waals surface area contributed by atoms with Crippen molar-refractivity contribution in [1.29, 1.82) is 0 Å². The predicted molar refractivity (Wildman–Crippen MR) is 60.5 cm³/mol. The third kappa shape index (κ3) is 2.55. The van der Waals surface area contributed by atoms with E-state index in [9.17, 15) is 0 Å². The third-order valence-corrected chi connectivity index (χ3v) is 1.90. The standard InChI is InChI=1S/C11H17N3/c1-9(2)7-10(3)14-6-5-13-11(14)8-12-4/h5-6,8-9H,3,7H2,1-2,4H3. The van der Waals surface area contributed by atoms with Crippen LogP contribution < -0.4 is 0 Å². The van der Waals surface area contributed by atoms with Crippen molar-refractivity contribution in [2.75, 3.05) is 7.05 Å². The molecule has 1 aromatic heterocycles. The van der Waals surface area contributed by atoms with Crippen LogP contribution in [0.5, 0.6) is 0 Å². The van der Waals surface area contributed by atoms with Gasteiger partial charge in [0.05, 0.1) is 6.21 Å². The summed E-state index contributed by atoms with van der Waals surface area (Å²) < 4.78 is 1.98. The molecule has 0 fully saturated rings. The van der Waals surface area contributed by atoms with E-state index in [1.54, 1.807) is 19.5 Å². The van der Waals surface area contributed by atoms with Crippen molar-refractivity contribution >= 4 is 11.9 Å². The maximum absolute atomic E-state index is 4.19. The van der Waals surface area contributed by atoms with Gasteiger partial charge in [-0.25, -0.2) is 4.98 Å². The van der Waals surface area contributed by atoms with Gasteiger partial charge < -0.3 is 4.57 Å². The largest absolute Gasteiger partial charge is 0.303 e. The molecule has 0 spiro atoms. The van der Waals surface area contributed by atoms with Gasteiger partial charge in [-0.05, 0) is 12.3 Å². The lowest BCUT2D eigenvalue weighted by Crippen LogP contribution is -2.03. The minimum atomic E-state index is 0.608. The van der Waals surface area contributed by atoms with E-state index < -0.39 is 0 Å². The van der Waals surface area contributed by atoms with Gasteiger partial charge >= 0.3 is 0 Å². The van der Waals surface area contributed by atoms with E-state index in [1.807, 2.05) is 10.8 Å². The van der Waals surface area contributed by atoms with Crippen molar-refractivity contribution in [2.24, 2.45) is 10.9 Å². The van der Waals surface area contributed by atoms with Crippen molar-refractivity contribution in [3.05, 3.63) is 24.8 Å². The molecule has 0 N–H and O–H groups in total. The first kappa shape index (κ1) is 10.7. The highest BCUT2D eigenvalue weighted by atomic mass is 15.1. The van der Waals surface area contributed by atoms with Crippen LogP contribution in [0.3, 0.4) is 0 Å². The van der Waals surface area contributed by atoms with Crippen LogP contribution in [0.15, 0.2) is 24.0 Å². The second kappa shape index (κ2) is 4.74. The zero-order valence-corrected chi connectivity index (χ0v) is 9.07. The average molecular weight is 191 g/mol. The van der Waals surface area contributed by atoms with Gasteiger partial charge in [-0.2, -0.15) is 0 Å². The second-order valence-electron chi connectivity index (χ2n) is 3.71. The first-order valence-electron chi connectivity index (χ1n) is 4.78. The van der Waals surface area contributed by atoms with Gasteiger partial charge in [0.15, 0.2) is 5.82 Å². The minimum Gasteiger partial charge on any atom is -0.303 e. The smallest absolute Gasteiger partial charge is 0.154 e. The van der Waals surface area contributed by atoms with E-state index in [-0.39, 0.29) is 0 Å². The van der Waals surface area contributed by atoms with Gasteiger partial charge in [0, 0.05) is 25.1 Å². The number of imidazole rings is 1. The van der Waals surface area contributed by atoms with Gasteiger partial charge in [-0.15, -0.1) is 0 Å². The van der Waals surface area contributed by atoms with Crippen LogP contribution in [0.1, 0.15) is 26.1 Å². The molecule has 0 saturated heterocycles. The highest BCUT2D eigenvalue weighted by Crippen LogP contribution is 2.14. The molecular formula is C11H17N3. The number of aromatic nitrogens is 2. The Bertz CT molecular complexity index is 334. The topological polar surface area (TPSA) is 30.2 Å². The molecule has 1 rings (SSSR count). The van der Waals surface area contributed by atoms with E-state index >= 15 is 0 Å². The predicted octanol–water partition coefficient (Wildman–Crippen LogP) is 2.45.